The maximum atomic E-state index is 12.9. The molecule has 2 aromatic rings. The van der Waals surface area contributed by atoms with Crippen molar-refractivity contribution >= 4 is 17.7 Å². The molecule has 0 aliphatic rings. The van der Waals surface area contributed by atoms with E-state index in [4.69, 9.17) is 9.47 Å². The summed E-state index contributed by atoms with van der Waals surface area (Å²) in [6.07, 6.45) is 1.46. The molecule has 27 heavy (non-hydrogen) atoms. The maximum absolute atomic E-state index is 12.9. The predicted molar refractivity (Wildman–Crippen MR) is 105 cm³/mol. The zero-order valence-electron chi connectivity index (χ0n) is 15.7. The number of carbonyl (C=O) groups is 1. The van der Waals surface area contributed by atoms with Crippen LogP contribution in [0, 0.1) is 0 Å². The number of thioether (sulfide) groups is 1. The summed E-state index contributed by atoms with van der Waals surface area (Å²) in [5.41, 5.74) is -0.0822. The molecule has 0 aliphatic heterocycles. The van der Waals surface area contributed by atoms with E-state index in [2.05, 4.69) is 4.98 Å². The van der Waals surface area contributed by atoms with Crippen molar-refractivity contribution < 1.29 is 19.4 Å². The third kappa shape index (κ3) is 5.33. The van der Waals surface area contributed by atoms with Gasteiger partial charge in [0.25, 0.3) is 5.56 Å². The number of carboxylic acid groups (broad SMARTS) is 1. The average Bonchev–Trinajstić information content (AvgIpc) is 2.67. The molecule has 1 aromatic carbocycles. The summed E-state index contributed by atoms with van der Waals surface area (Å²) < 4.78 is 12.7. The minimum absolute atomic E-state index is 0.0842. The lowest BCUT2D eigenvalue weighted by molar-refractivity contribution is 0.0640. The highest BCUT2D eigenvalue weighted by Gasteiger charge is 2.25. The van der Waals surface area contributed by atoms with Crippen molar-refractivity contribution in [2.24, 2.45) is 0 Å². The number of ether oxygens (including phenoxy) is 2. The summed E-state index contributed by atoms with van der Waals surface area (Å²) in [5, 5.41) is 9.54. The van der Waals surface area contributed by atoms with Crippen LogP contribution in [0.4, 0.5) is 0 Å². The van der Waals surface area contributed by atoms with Gasteiger partial charge in [0.15, 0.2) is 5.69 Å². The van der Waals surface area contributed by atoms with Crippen molar-refractivity contribution in [2.45, 2.75) is 33.1 Å². The normalized spacial score (nSPS) is 12.0. The van der Waals surface area contributed by atoms with E-state index in [0.717, 1.165) is 11.3 Å². The molecule has 146 valence electrons. The van der Waals surface area contributed by atoms with Gasteiger partial charge in [0.2, 0.25) is 5.75 Å². The van der Waals surface area contributed by atoms with Crippen LogP contribution in [0.2, 0.25) is 0 Å². The summed E-state index contributed by atoms with van der Waals surface area (Å²) in [6, 6.07) is 9.22. The number of rotatable bonds is 10. The smallest absolute Gasteiger partial charge is 0.358 e. The molecule has 1 aromatic heterocycles. The molecule has 0 amide bonds. The molecule has 1 atom stereocenters. The first-order chi connectivity index (χ1) is 13.0. The number of hydrogen-bond acceptors (Lipinski definition) is 6. The molecular weight excluding hydrogens is 368 g/mol. The predicted octanol–water partition coefficient (Wildman–Crippen LogP) is 2.98. The third-order valence-electron chi connectivity index (χ3n) is 3.92. The number of benzene rings is 1. The second kappa shape index (κ2) is 10.1. The van der Waals surface area contributed by atoms with E-state index in [9.17, 15) is 14.7 Å². The van der Waals surface area contributed by atoms with Gasteiger partial charge in [0.05, 0.1) is 6.61 Å². The van der Waals surface area contributed by atoms with Crippen molar-refractivity contribution in [3.05, 3.63) is 57.8 Å². The third-order valence-corrected chi connectivity index (χ3v) is 4.50. The first kappa shape index (κ1) is 21.0. The molecule has 8 heteroatoms. The van der Waals surface area contributed by atoms with Gasteiger partial charge < -0.3 is 14.6 Å². The standard InChI is InChI=1S/C19H24N2O5S/c1-4-21-17(13(2)25-10-11-27-3)20-15(19(23)24)16(18(21)22)26-12-14-8-6-5-7-9-14/h5-9,13H,4,10-12H2,1-3H3,(H,23,24). The topological polar surface area (TPSA) is 90.7 Å². The fraction of sp³-hybridized carbons (Fsp3) is 0.421. The van der Waals surface area contributed by atoms with E-state index in [1.165, 1.54) is 4.57 Å². The molecule has 0 saturated heterocycles. The molecule has 1 unspecified atom stereocenters. The van der Waals surface area contributed by atoms with Crippen molar-refractivity contribution in [3.63, 3.8) is 0 Å². The van der Waals surface area contributed by atoms with E-state index in [1.807, 2.05) is 36.6 Å². The van der Waals surface area contributed by atoms with Crippen LogP contribution in [0.3, 0.4) is 0 Å². The Morgan fingerprint density at radius 3 is 2.63 bits per heavy atom. The minimum Gasteiger partial charge on any atom is -0.481 e. The Kier molecular flexibility index (Phi) is 7.87. The van der Waals surface area contributed by atoms with Gasteiger partial charge in [-0.1, -0.05) is 30.3 Å². The van der Waals surface area contributed by atoms with Crippen molar-refractivity contribution in [3.8, 4) is 5.75 Å². The molecule has 7 nitrogen and oxygen atoms in total. The Morgan fingerprint density at radius 1 is 1.33 bits per heavy atom. The van der Waals surface area contributed by atoms with Crippen LogP contribution in [0.15, 0.2) is 35.1 Å². The number of aromatic nitrogens is 2. The quantitative estimate of drug-likeness (QED) is 0.622. The molecule has 0 spiro atoms. The Bertz CT molecular complexity index is 823. The van der Waals surface area contributed by atoms with Gasteiger partial charge in [-0.25, -0.2) is 9.78 Å². The van der Waals surface area contributed by atoms with Crippen LogP contribution in [-0.4, -0.2) is 39.2 Å². The van der Waals surface area contributed by atoms with Gasteiger partial charge in [0.1, 0.15) is 18.5 Å². The van der Waals surface area contributed by atoms with Crippen molar-refractivity contribution in [1.29, 1.82) is 0 Å². The lowest BCUT2D eigenvalue weighted by Gasteiger charge is -2.19. The van der Waals surface area contributed by atoms with Crippen LogP contribution in [0.5, 0.6) is 5.75 Å². The molecule has 0 aliphatic carbocycles. The largest absolute Gasteiger partial charge is 0.481 e. The van der Waals surface area contributed by atoms with Gasteiger partial charge in [-0.3, -0.25) is 9.36 Å². The van der Waals surface area contributed by atoms with E-state index in [0.29, 0.717) is 13.2 Å². The van der Waals surface area contributed by atoms with Crippen molar-refractivity contribution in [1.82, 2.24) is 9.55 Å². The van der Waals surface area contributed by atoms with Crippen LogP contribution in [-0.2, 0) is 17.9 Å². The molecular formula is C19H24N2O5S. The first-order valence-corrected chi connectivity index (χ1v) is 10.0. The second-order valence-electron chi connectivity index (χ2n) is 5.78. The number of carboxylic acids is 1. The summed E-state index contributed by atoms with van der Waals surface area (Å²) in [5.74, 6) is -0.484. The highest BCUT2D eigenvalue weighted by Crippen LogP contribution is 2.20. The average molecular weight is 392 g/mol. The van der Waals surface area contributed by atoms with E-state index >= 15 is 0 Å². The maximum Gasteiger partial charge on any atom is 0.358 e. The van der Waals surface area contributed by atoms with Gasteiger partial charge in [-0.15, -0.1) is 0 Å². The number of hydrogen-bond donors (Lipinski definition) is 1. The molecule has 1 heterocycles. The molecule has 0 radical (unpaired) electrons. The SMILES string of the molecule is CCn1c(C(C)OCCSC)nc(C(=O)O)c(OCc2ccccc2)c1=O. The van der Waals surface area contributed by atoms with Gasteiger partial charge in [-0.05, 0) is 25.7 Å². The molecule has 2 rings (SSSR count). The molecule has 1 N–H and O–H groups in total. The Balaban J connectivity index is 2.39. The highest BCUT2D eigenvalue weighted by atomic mass is 32.2. The van der Waals surface area contributed by atoms with Crippen LogP contribution in [0.1, 0.15) is 41.8 Å². The summed E-state index contributed by atoms with van der Waals surface area (Å²) in [7, 11) is 0. The van der Waals surface area contributed by atoms with Gasteiger partial charge in [0, 0.05) is 12.3 Å². The monoisotopic (exact) mass is 392 g/mol. The van der Waals surface area contributed by atoms with Crippen LogP contribution < -0.4 is 10.3 Å². The first-order valence-electron chi connectivity index (χ1n) is 8.64. The Hall–Kier alpha value is -2.32. The minimum atomic E-state index is -1.31. The summed E-state index contributed by atoms with van der Waals surface area (Å²) in [6.45, 7) is 4.45. The lowest BCUT2D eigenvalue weighted by Crippen LogP contribution is -2.30. The van der Waals surface area contributed by atoms with Crippen molar-refractivity contribution in [2.75, 3.05) is 18.6 Å². The zero-order chi connectivity index (χ0) is 19.8. The van der Waals surface area contributed by atoms with Crippen LogP contribution in [0.25, 0.3) is 0 Å². The van der Waals surface area contributed by atoms with Gasteiger partial charge in [-0.2, -0.15) is 11.8 Å². The Morgan fingerprint density at radius 2 is 2.04 bits per heavy atom. The molecule has 0 saturated carbocycles. The van der Waals surface area contributed by atoms with Gasteiger partial charge >= 0.3 is 5.97 Å². The summed E-state index contributed by atoms with van der Waals surface area (Å²) >= 11 is 1.64. The number of nitrogens with zero attached hydrogens (tertiary/aromatic N) is 2. The molecule has 0 bridgehead atoms. The number of aromatic carboxylic acids is 1. The Labute approximate surface area is 162 Å². The zero-order valence-corrected chi connectivity index (χ0v) is 16.5. The fourth-order valence-electron chi connectivity index (χ4n) is 2.56. The highest BCUT2D eigenvalue weighted by molar-refractivity contribution is 7.98. The van der Waals surface area contributed by atoms with E-state index in [-0.39, 0.29) is 18.2 Å². The molecule has 0 fully saturated rings. The fourth-order valence-corrected chi connectivity index (χ4v) is 2.82. The van der Waals surface area contributed by atoms with E-state index in [1.54, 1.807) is 25.6 Å². The van der Waals surface area contributed by atoms with Crippen LogP contribution >= 0.6 is 11.8 Å². The van der Waals surface area contributed by atoms with E-state index < -0.39 is 23.3 Å². The summed E-state index contributed by atoms with van der Waals surface area (Å²) in [4.78, 5) is 28.8. The second-order valence-corrected chi connectivity index (χ2v) is 6.77. The lowest BCUT2D eigenvalue weighted by atomic mass is 10.2.